The minimum atomic E-state index is -0.710. The van der Waals surface area contributed by atoms with E-state index >= 15 is 0 Å². The van der Waals surface area contributed by atoms with E-state index in [1.165, 1.54) is 0 Å². The van der Waals surface area contributed by atoms with Crippen LogP contribution in [-0.2, 0) is 11.3 Å². The Bertz CT molecular complexity index is 827. The highest BCUT2D eigenvalue weighted by molar-refractivity contribution is 5.99. The number of nitrogens with zero attached hydrogens (tertiary/aromatic N) is 1. The lowest BCUT2D eigenvalue weighted by atomic mass is 10.1. The number of hydrogen-bond donors (Lipinski definition) is 2. The summed E-state index contributed by atoms with van der Waals surface area (Å²) in [6, 6.07) is 18.8. The van der Waals surface area contributed by atoms with Crippen molar-refractivity contribution in [3.63, 3.8) is 0 Å². The van der Waals surface area contributed by atoms with Gasteiger partial charge < -0.3 is 10.6 Å². The Hall–Kier alpha value is -3.41. The zero-order valence-electron chi connectivity index (χ0n) is 12.7. The maximum absolute atomic E-state index is 11.9. The Kier molecular flexibility index (Phi) is 4.38. The molecule has 2 aromatic carbocycles. The van der Waals surface area contributed by atoms with Gasteiger partial charge in [0.1, 0.15) is 5.70 Å². The number of amides is 1. The molecule has 1 aliphatic heterocycles. The van der Waals surface area contributed by atoms with Crippen LogP contribution in [0.4, 0.5) is 0 Å². The van der Waals surface area contributed by atoms with E-state index in [-0.39, 0.29) is 5.70 Å². The first-order valence-electron chi connectivity index (χ1n) is 7.40. The molecule has 2 N–H and O–H groups in total. The Morgan fingerprint density at radius 3 is 2.29 bits per heavy atom. The fourth-order valence-corrected chi connectivity index (χ4v) is 2.45. The second kappa shape index (κ2) is 6.78. The molecule has 1 aliphatic rings. The monoisotopic (exact) mass is 321 g/mol. The lowest BCUT2D eigenvalue weighted by Crippen LogP contribution is -2.19. The number of rotatable bonds is 5. The van der Waals surface area contributed by atoms with Gasteiger partial charge in [-0.3, -0.25) is 14.9 Å². The fraction of sp³-hybridized carbons (Fsp3) is 0.0556. The van der Waals surface area contributed by atoms with Crippen LogP contribution in [0.3, 0.4) is 0 Å². The summed E-state index contributed by atoms with van der Waals surface area (Å²) < 4.78 is 0. The first-order chi connectivity index (χ1) is 11.6. The molecule has 0 bridgehead atoms. The van der Waals surface area contributed by atoms with Gasteiger partial charge >= 0.3 is 11.6 Å². The quantitative estimate of drug-likeness (QED) is 0.654. The van der Waals surface area contributed by atoms with E-state index in [9.17, 15) is 14.9 Å². The SMILES string of the molecule is O=C1N/C(=C\c2ccccc2)C(NCc2ccccc2)=C1[N+](=O)[O-]. The maximum Gasteiger partial charge on any atom is 0.358 e. The average Bonchev–Trinajstić information content (AvgIpc) is 2.90. The lowest BCUT2D eigenvalue weighted by Gasteiger charge is -2.08. The van der Waals surface area contributed by atoms with E-state index in [0.717, 1.165) is 11.1 Å². The average molecular weight is 321 g/mol. The zero-order valence-corrected chi connectivity index (χ0v) is 12.7. The maximum atomic E-state index is 11.9. The second-order valence-electron chi connectivity index (χ2n) is 5.24. The molecular weight excluding hydrogens is 306 g/mol. The van der Waals surface area contributed by atoms with Gasteiger partial charge in [-0.1, -0.05) is 60.7 Å². The van der Waals surface area contributed by atoms with Gasteiger partial charge in [0.2, 0.25) is 0 Å². The number of hydrogen-bond acceptors (Lipinski definition) is 4. The van der Waals surface area contributed by atoms with Crippen molar-refractivity contribution < 1.29 is 9.72 Å². The van der Waals surface area contributed by atoms with Crippen molar-refractivity contribution in [2.45, 2.75) is 6.54 Å². The van der Waals surface area contributed by atoms with Gasteiger partial charge in [-0.2, -0.15) is 0 Å². The number of carbonyl (C=O) groups is 1. The van der Waals surface area contributed by atoms with Crippen LogP contribution >= 0.6 is 0 Å². The smallest absolute Gasteiger partial charge is 0.358 e. The van der Waals surface area contributed by atoms with Crippen molar-refractivity contribution in [3.05, 3.63) is 99.0 Å². The molecule has 24 heavy (non-hydrogen) atoms. The number of benzene rings is 2. The molecule has 0 aliphatic carbocycles. The summed E-state index contributed by atoms with van der Waals surface area (Å²) in [5.74, 6) is -0.710. The van der Waals surface area contributed by atoms with Crippen LogP contribution in [0, 0.1) is 10.1 Å². The van der Waals surface area contributed by atoms with Crippen LogP contribution in [-0.4, -0.2) is 10.8 Å². The van der Waals surface area contributed by atoms with Gasteiger partial charge in [0.15, 0.2) is 0 Å². The summed E-state index contributed by atoms with van der Waals surface area (Å²) in [6.45, 7) is 0.384. The lowest BCUT2D eigenvalue weighted by molar-refractivity contribution is -0.419. The Morgan fingerprint density at radius 2 is 1.67 bits per heavy atom. The molecule has 3 rings (SSSR count). The van der Waals surface area contributed by atoms with Crippen LogP contribution in [0.25, 0.3) is 6.08 Å². The number of nitrogens with one attached hydrogen (secondary N) is 2. The third kappa shape index (κ3) is 3.33. The molecule has 0 fully saturated rings. The molecule has 1 heterocycles. The molecule has 1 amide bonds. The van der Waals surface area contributed by atoms with Crippen LogP contribution in [0.5, 0.6) is 0 Å². The third-order valence-corrected chi connectivity index (χ3v) is 3.57. The molecule has 0 saturated heterocycles. The van der Waals surface area contributed by atoms with Crippen molar-refractivity contribution in [3.8, 4) is 0 Å². The van der Waals surface area contributed by atoms with Crippen LogP contribution < -0.4 is 10.6 Å². The highest BCUT2D eigenvalue weighted by Gasteiger charge is 2.37. The fourth-order valence-electron chi connectivity index (χ4n) is 2.45. The van der Waals surface area contributed by atoms with Gasteiger partial charge in [-0.25, -0.2) is 0 Å². The topological polar surface area (TPSA) is 84.3 Å². The summed E-state index contributed by atoms with van der Waals surface area (Å²) in [7, 11) is 0. The minimum absolute atomic E-state index is 0.206. The summed E-state index contributed by atoms with van der Waals surface area (Å²) in [4.78, 5) is 22.5. The van der Waals surface area contributed by atoms with Gasteiger partial charge in [0, 0.05) is 6.54 Å². The van der Waals surface area contributed by atoms with Crippen molar-refractivity contribution in [2.24, 2.45) is 0 Å². The highest BCUT2D eigenvalue weighted by atomic mass is 16.6. The van der Waals surface area contributed by atoms with Crippen molar-refractivity contribution in [1.82, 2.24) is 10.6 Å². The van der Waals surface area contributed by atoms with Gasteiger partial charge in [-0.05, 0) is 17.2 Å². The Balaban J connectivity index is 1.93. The van der Waals surface area contributed by atoms with Gasteiger partial charge in [0.25, 0.3) is 0 Å². The van der Waals surface area contributed by atoms with E-state index in [2.05, 4.69) is 10.6 Å². The van der Waals surface area contributed by atoms with E-state index in [1.54, 1.807) is 6.08 Å². The van der Waals surface area contributed by atoms with E-state index in [0.29, 0.717) is 12.2 Å². The molecule has 0 atom stereocenters. The molecule has 0 saturated carbocycles. The molecule has 0 spiro atoms. The molecule has 2 aromatic rings. The molecule has 6 nitrogen and oxygen atoms in total. The third-order valence-electron chi connectivity index (χ3n) is 3.57. The van der Waals surface area contributed by atoms with Crippen molar-refractivity contribution >= 4 is 12.0 Å². The molecule has 0 radical (unpaired) electrons. The molecule has 0 aromatic heterocycles. The van der Waals surface area contributed by atoms with Gasteiger partial charge in [-0.15, -0.1) is 0 Å². The van der Waals surface area contributed by atoms with Gasteiger partial charge in [0.05, 0.1) is 10.6 Å². The standard InChI is InChI=1S/C18H15N3O3/c22-18-17(21(23)24)16(19-12-14-9-5-2-6-10-14)15(20-18)11-13-7-3-1-4-8-13/h1-11,19H,12H2,(H,20,22)/b15-11-. The van der Waals surface area contributed by atoms with Crippen LogP contribution in [0.2, 0.25) is 0 Å². The first-order valence-corrected chi connectivity index (χ1v) is 7.40. The largest absolute Gasteiger partial charge is 0.374 e. The van der Waals surface area contributed by atoms with E-state index in [1.807, 2.05) is 60.7 Å². The van der Waals surface area contributed by atoms with E-state index in [4.69, 9.17) is 0 Å². The zero-order chi connectivity index (χ0) is 16.9. The summed E-state index contributed by atoms with van der Waals surface area (Å²) >= 11 is 0. The van der Waals surface area contributed by atoms with E-state index < -0.39 is 16.5 Å². The Morgan fingerprint density at radius 1 is 1.04 bits per heavy atom. The van der Waals surface area contributed by atoms with Crippen LogP contribution in [0.15, 0.2) is 77.8 Å². The second-order valence-corrected chi connectivity index (χ2v) is 5.24. The Labute approximate surface area is 138 Å². The van der Waals surface area contributed by atoms with Crippen molar-refractivity contribution in [2.75, 3.05) is 0 Å². The molecule has 0 unspecified atom stereocenters. The first kappa shape index (κ1) is 15.5. The predicted octanol–water partition coefficient (Wildman–Crippen LogP) is 2.44. The molecular formula is C18H15N3O3. The molecule has 6 heteroatoms. The van der Waals surface area contributed by atoms with Crippen LogP contribution in [0.1, 0.15) is 11.1 Å². The number of carbonyl (C=O) groups excluding carboxylic acids is 1. The summed E-state index contributed by atoms with van der Waals surface area (Å²) in [6.07, 6.45) is 1.71. The summed E-state index contributed by atoms with van der Waals surface area (Å²) in [5, 5.41) is 16.8. The van der Waals surface area contributed by atoms with Crippen molar-refractivity contribution in [1.29, 1.82) is 0 Å². The normalized spacial score (nSPS) is 15.5. The number of nitro groups is 1. The summed E-state index contributed by atoms with van der Waals surface area (Å²) in [5.41, 5.74) is 1.95. The predicted molar refractivity (Wildman–Crippen MR) is 89.9 cm³/mol. The highest BCUT2D eigenvalue weighted by Crippen LogP contribution is 2.22. The molecule has 120 valence electrons. The minimum Gasteiger partial charge on any atom is -0.374 e.